The summed E-state index contributed by atoms with van der Waals surface area (Å²) in [6, 6.07) is 6.10. The van der Waals surface area contributed by atoms with Gasteiger partial charge in [-0.25, -0.2) is 4.79 Å². The number of benzene rings is 1. The lowest BCUT2D eigenvalue weighted by molar-refractivity contribution is 0.203. The van der Waals surface area contributed by atoms with E-state index < -0.39 is 6.09 Å². The van der Waals surface area contributed by atoms with Crippen LogP contribution in [0.4, 0.5) is 10.5 Å². The quantitative estimate of drug-likeness (QED) is 0.816. The second kappa shape index (κ2) is 4.87. The molecule has 0 fully saturated rings. The highest BCUT2D eigenvalue weighted by Gasteiger charge is 2.22. The number of nitrogens with zero attached hydrogens (tertiary/aromatic N) is 1. The van der Waals surface area contributed by atoms with Gasteiger partial charge < -0.3 is 5.11 Å². The lowest BCUT2D eigenvalue weighted by Crippen LogP contribution is -2.25. The van der Waals surface area contributed by atoms with Gasteiger partial charge in [0.05, 0.1) is 0 Å². The van der Waals surface area contributed by atoms with Crippen LogP contribution in [0.5, 0.6) is 0 Å². The molecule has 0 bridgehead atoms. The van der Waals surface area contributed by atoms with E-state index in [1.54, 1.807) is 7.05 Å². The molecule has 0 heterocycles. The summed E-state index contributed by atoms with van der Waals surface area (Å²) in [4.78, 5) is 12.4. The van der Waals surface area contributed by atoms with Gasteiger partial charge in [-0.2, -0.15) is 0 Å². The summed E-state index contributed by atoms with van der Waals surface area (Å²) in [5.74, 6) is 0. The van der Waals surface area contributed by atoms with Crippen molar-refractivity contribution >= 4 is 11.8 Å². The Bertz CT molecular complexity index is 446. The molecule has 1 aromatic carbocycles. The summed E-state index contributed by atoms with van der Waals surface area (Å²) in [5, 5.41) is 9.15. The minimum absolute atomic E-state index is 0.00461. The van der Waals surface area contributed by atoms with E-state index in [2.05, 4.69) is 47.6 Å². The second-order valence-electron chi connectivity index (χ2n) is 7.11. The zero-order chi connectivity index (χ0) is 15.0. The predicted octanol–water partition coefficient (Wildman–Crippen LogP) is 4.40. The number of carbonyl (C=O) groups is 1. The molecule has 3 heteroatoms. The molecule has 3 nitrogen and oxygen atoms in total. The van der Waals surface area contributed by atoms with Gasteiger partial charge in [-0.15, -0.1) is 0 Å². The van der Waals surface area contributed by atoms with Crippen LogP contribution >= 0.6 is 0 Å². The van der Waals surface area contributed by atoms with Crippen LogP contribution in [-0.2, 0) is 10.8 Å². The van der Waals surface area contributed by atoms with E-state index in [1.807, 2.05) is 12.1 Å². The van der Waals surface area contributed by atoms with Crippen molar-refractivity contribution in [3.8, 4) is 0 Å². The fourth-order valence-corrected chi connectivity index (χ4v) is 1.78. The maximum atomic E-state index is 11.1. The van der Waals surface area contributed by atoms with E-state index in [0.29, 0.717) is 0 Å². The van der Waals surface area contributed by atoms with Crippen molar-refractivity contribution in [3.05, 3.63) is 29.3 Å². The molecular weight excluding hydrogens is 238 g/mol. The SMILES string of the molecule is CN(C(=O)O)c1cc(C(C)(C)C)cc(C(C)(C)C)c1. The maximum absolute atomic E-state index is 11.1. The molecule has 19 heavy (non-hydrogen) atoms. The van der Waals surface area contributed by atoms with Gasteiger partial charge in [0.15, 0.2) is 0 Å². The van der Waals surface area contributed by atoms with E-state index in [0.717, 1.165) is 16.8 Å². The lowest BCUT2D eigenvalue weighted by Gasteiger charge is -2.27. The van der Waals surface area contributed by atoms with Crippen LogP contribution in [0.2, 0.25) is 0 Å². The molecule has 0 spiro atoms. The minimum atomic E-state index is -0.939. The average Bonchev–Trinajstić information content (AvgIpc) is 2.24. The first-order valence-corrected chi connectivity index (χ1v) is 6.55. The normalized spacial score (nSPS) is 12.4. The van der Waals surface area contributed by atoms with Crippen LogP contribution in [-0.4, -0.2) is 18.2 Å². The lowest BCUT2D eigenvalue weighted by atomic mass is 9.80. The number of rotatable bonds is 1. The highest BCUT2D eigenvalue weighted by Crippen LogP contribution is 2.33. The fraction of sp³-hybridized carbons (Fsp3) is 0.562. The molecule has 0 atom stereocenters. The number of hydrogen-bond donors (Lipinski definition) is 1. The summed E-state index contributed by atoms with van der Waals surface area (Å²) in [6.45, 7) is 12.8. The topological polar surface area (TPSA) is 40.5 Å². The summed E-state index contributed by atoms with van der Waals surface area (Å²) >= 11 is 0. The standard InChI is InChI=1S/C16H25NO2/c1-15(2,3)11-8-12(16(4,5)6)10-13(9-11)17(7)14(18)19/h8-10H,1-7H3,(H,18,19). The summed E-state index contributed by atoms with van der Waals surface area (Å²) in [5.41, 5.74) is 3.03. The highest BCUT2D eigenvalue weighted by atomic mass is 16.4. The van der Waals surface area contributed by atoms with Gasteiger partial charge in [0.25, 0.3) is 0 Å². The van der Waals surface area contributed by atoms with Gasteiger partial charge >= 0.3 is 6.09 Å². The minimum Gasteiger partial charge on any atom is -0.465 e. The molecule has 0 unspecified atom stereocenters. The summed E-state index contributed by atoms with van der Waals surface area (Å²) < 4.78 is 0. The van der Waals surface area contributed by atoms with Crippen LogP contribution in [0.25, 0.3) is 0 Å². The molecule has 0 aromatic heterocycles. The van der Waals surface area contributed by atoms with Crippen LogP contribution in [0.1, 0.15) is 52.7 Å². The molecule has 1 N–H and O–H groups in total. The largest absolute Gasteiger partial charge is 0.465 e. The van der Waals surface area contributed by atoms with E-state index in [9.17, 15) is 4.79 Å². The van der Waals surface area contributed by atoms with Crippen molar-refractivity contribution in [2.45, 2.75) is 52.4 Å². The van der Waals surface area contributed by atoms with Gasteiger partial charge in [-0.1, -0.05) is 47.6 Å². The number of amides is 1. The molecule has 106 valence electrons. The van der Waals surface area contributed by atoms with Gasteiger partial charge in [0, 0.05) is 12.7 Å². The van der Waals surface area contributed by atoms with Crippen molar-refractivity contribution < 1.29 is 9.90 Å². The first kappa shape index (κ1) is 15.5. The third kappa shape index (κ3) is 3.72. The monoisotopic (exact) mass is 263 g/mol. The maximum Gasteiger partial charge on any atom is 0.411 e. The number of hydrogen-bond acceptors (Lipinski definition) is 1. The van der Waals surface area contributed by atoms with E-state index in [1.165, 1.54) is 4.90 Å². The van der Waals surface area contributed by atoms with Crippen LogP contribution in [0.3, 0.4) is 0 Å². The summed E-state index contributed by atoms with van der Waals surface area (Å²) in [6.07, 6.45) is -0.939. The first-order chi connectivity index (χ1) is 8.43. The Labute approximate surface area is 116 Å². The predicted molar refractivity (Wildman–Crippen MR) is 80.3 cm³/mol. The Morgan fingerprint density at radius 3 is 1.58 bits per heavy atom. The van der Waals surface area contributed by atoms with Gasteiger partial charge in [-0.3, -0.25) is 4.90 Å². The van der Waals surface area contributed by atoms with Crippen molar-refractivity contribution in [1.29, 1.82) is 0 Å². The molecule has 0 aliphatic heterocycles. The fourth-order valence-electron chi connectivity index (χ4n) is 1.78. The molecule has 0 aliphatic carbocycles. The Balaban J connectivity index is 3.45. The molecule has 1 aromatic rings. The van der Waals surface area contributed by atoms with Gasteiger partial charge in [-0.05, 0) is 34.1 Å². The van der Waals surface area contributed by atoms with E-state index in [4.69, 9.17) is 5.11 Å². The summed E-state index contributed by atoms with van der Waals surface area (Å²) in [7, 11) is 1.58. The molecule has 0 saturated heterocycles. The van der Waals surface area contributed by atoms with Crippen molar-refractivity contribution in [2.24, 2.45) is 0 Å². The van der Waals surface area contributed by atoms with Gasteiger partial charge in [0.2, 0.25) is 0 Å². The Kier molecular flexibility index (Phi) is 3.99. The third-order valence-electron chi connectivity index (χ3n) is 3.32. The molecule has 0 aliphatic rings. The third-order valence-corrected chi connectivity index (χ3v) is 3.32. The van der Waals surface area contributed by atoms with Crippen molar-refractivity contribution in [2.75, 3.05) is 11.9 Å². The van der Waals surface area contributed by atoms with E-state index >= 15 is 0 Å². The Hall–Kier alpha value is -1.51. The Morgan fingerprint density at radius 2 is 1.32 bits per heavy atom. The molecular formula is C16H25NO2. The zero-order valence-corrected chi connectivity index (χ0v) is 13.0. The smallest absolute Gasteiger partial charge is 0.411 e. The second-order valence-corrected chi connectivity index (χ2v) is 7.11. The molecule has 1 amide bonds. The van der Waals surface area contributed by atoms with Crippen molar-refractivity contribution in [3.63, 3.8) is 0 Å². The molecule has 0 radical (unpaired) electrons. The van der Waals surface area contributed by atoms with Crippen LogP contribution < -0.4 is 4.90 Å². The van der Waals surface area contributed by atoms with Crippen LogP contribution in [0.15, 0.2) is 18.2 Å². The molecule has 1 rings (SSSR count). The highest BCUT2D eigenvalue weighted by molar-refractivity contribution is 5.85. The number of carboxylic acid groups (broad SMARTS) is 1. The van der Waals surface area contributed by atoms with Crippen LogP contribution in [0, 0.1) is 0 Å². The molecule has 0 saturated carbocycles. The number of anilines is 1. The van der Waals surface area contributed by atoms with E-state index in [-0.39, 0.29) is 10.8 Å². The first-order valence-electron chi connectivity index (χ1n) is 6.55. The average molecular weight is 263 g/mol. The zero-order valence-electron chi connectivity index (χ0n) is 13.0. The van der Waals surface area contributed by atoms with Crippen molar-refractivity contribution in [1.82, 2.24) is 0 Å². The Morgan fingerprint density at radius 1 is 0.947 bits per heavy atom. The van der Waals surface area contributed by atoms with Gasteiger partial charge in [0.1, 0.15) is 0 Å².